The van der Waals surface area contributed by atoms with E-state index >= 15 is 0 Å². The molecule has 1 aliphatic carbocycles. The third-order valence-corrected chi connectivity index (χ3v) is 6.39. The van der Waals surface area contributed by atoms with Gasteiger partial charge in [-0.25, -0.2) is 0 Å². The number of allylic oxidation sites excluding steroid dienone is 4. The highest BCUT2D eigenvalue weighted by Gasteiger charge is 2.14. The Morgan fingerprint density at radius 2 is 0.974 bits per heavy atom. The van der Waals surface area contributed by atoms with Crippen LogP contribution in [0.3, 0.4) is 0 Å². The third kappa shape index (κ3) is 15.4. The Balaban J connectivity index is -0.000000453. The summed E-state index contributed by atoms with van der Waals surface area (Å²) in [5.74, 6) is 3.95. The third-order valence-electron chi connectivity index (χ3n) is 6.39. The number of nitrogens with one attached hydrogen (secondary N) is 2. The molecule has 0 spiro atoms. The first-order valence-corrected chi connectivity index (χ1v) is 16.1. The van der Waals surface area contributed by atoms with Crippen molar-refractivity contribution in [1.82, 2.24) is 9.97 Å². The molecule has 39 heavy (non-hydrogen) atoms. The molecule has 0 radical (unpaired) electrons. The standard InChI is InChI=1S/C11H18.2C10H17N.3C2H6/c1-8(2)10-6-5-7-11(10)9(3)4;1-7(2)9-5-11-6-10(9)8(3)4;1-7(2)9-5-6-11-10(9)8(3)4;3*1-2/h5-6,8-9H,7H2,1-4H3;2*5-8,11H,1-4H3;3*1-2H3. The molecule has 0 fully saturated rings. The van der Waals surface area contributed by atoms with Crippen LogP contribution in [0.1, 0.15) is 177 Å². The smallest absolute Gasteiger partial charge is 0.0208 e. The second-order valence-electron chi connectivity index (χ2n) is 11.2. The molecule has 228 valence electrons. The van der Waals surface area contributed by atoms with Gasteiger partial charge in [-0.3, -0.25) is 0 Å². The lowest BCUT2D eigenvalue weighted by Gasteiger charge is -2.13. The van der Waals surface area contributed by atoms with E-state index in [1.165, 1.54) is 28.8 Å². The van der Waals surface area contributed by atoms with E-state index in [1.807, 2.05) is 47.7 Å². The molecule has 2 aromatic heterocycles. The van der Waals surface area contributed by atoms with Gasteiger partial charge in [0.15, 0.2) is 0 Å². The van der Waals surface area contributed by atoms with E-state index in [0.29, 0.717) is 29.6 Å². The van der Waals surface area contributed by atoms with Crippen LogP contribution >= 0.6 is 0 Å². The zero-order valence-electron chi connectivity index (χ0n) is 29.6. The van der Waals surface area contributed by atoms with Crippen LogP contribution < -0.4 is 0 Å². The molecule has 0 unspecified atom stereocenters. The van der Waals surface area contributed by atoms with Crippen molar-refractivity contribution in [3.05, 3.63) is 70.3 Å². The Bertz CT molecular complexity index is 772. The number of rotatable bonds is 6. The molecule has 0 amide bonds. The Morgan fingerprint density at radius 1 is 0.538 bits per heavy atom. The van der Waals surface area contributed by atoms with Crippen LogP contribution in [0.5, 0.6) is 0 Å². The maximum absolute atomic E-state index is 3.29. The second kappa shape index (κ2) is 23.9. The summed E-state index contributed by atoms with van der Waals surface area (Å²) in [5.41, 5.74) is 8.97. The molecular formula is C37H70N2. The highest BCUT2D eigenvalue weighted by Crippen LogP contribution is 2.30. The fourth-order valence-corrected chi connectivity index (χ4v) is 4.46. The molecule has 2 N–H and O–H groups in total. The Labute approximate surface area is 246 Å². The molecule has 0 aliphatic heterocycles. The normalized spacial score (nSPS) is 11.9. The van der Waals surface area contributed by atoms with Gasteiger partial charge in [0.2, 0.25) is 0 Å². The molecule has 3 rings (SSSR count). The lowest BCUT2D eigenvalue weighted by atomic mass is 9.93. The molecule has 0 atom stereocenters. The highest BCUT2D eigenvalue weighted by atomic mass is 14.7. The maximum atomic E-state index is 3.29. The number of aromatic amines is 2. The van der Waals surface area contributed by atoms with Crippen molar-refractivity contribution < 1.29 is 0 Å². The molecule has 0 aromatic carbocycles. The predicted molar refractivity (Wildman–Crippen MR) is 182 cm³/mol. The van der Waals surface area contributed by atoms with Gasteiger partial charge in [-0.1, -0.05) is 142 Å². The minimum Gasteiger partial charge on any atom is -0.367 e. The molecule has 0 bridgehead atoms. The summed E-state index contributed by atoms with van der Waals surface area (Å²) in [5, 5.41) is 0. The van der Waals surface area contributed by atoms with Crippen molar-refractivity contribution in [2.75, 3.05) is 0 Å². The number of aromatic nitrogens is 2. The number of hydrogen-bond donors (Lipinski definition) is 2. The van der Waals surface area contributed by atoms with E-state index in [2.05, 4.69) is 124 Å². The molecule has 2 aromatic rings. The second-order valence-corrected chi connectivity index (χ2v) is 11.2. The molecule has 0 saturated heterocycles. The lowest BCUT2D eigenvalue weighted by Crippen LogP contribution is -1.98. The fourth-order valence-electron chi connectivity index (χ4n) is 4.46. The van der Waals surface area contributed by atoms with Crippen LogP contribution in [0, 0.1) is 11.8 Å². The summed E-state index contributed by atoms with van der Waals surface area (Å²) >= 11 is 0. The van der Waals surface area contributed by atoms with E-state index in [0.717, 1.165) is 5.92 Å². The predicted octanol–water partition coefficient (Wildman–Crippen LogP) is 13.2. The summed E-state index contributed by atoms with van der Waals surface area (Å²) < 4.78 is 0. The number of H-pyrrole nitrogens is 2. The van der Waals surface area contributed by atoms with E-state index in [1.54, 1.807) is 11.1 Å². The van der Waals surface area contributed by atoms with Crippen LogP contribution in [-0.4, -0.2) is 9.97 Å². The summed E-state index contributed by atoms with van der Waals surface area (Å²) in [4.78, 5) is 6.45. The van der Waals surface area contributed by atoms with E-state index < -0.39 is 0 Å². The van der Waals surface area contributed by atoms with Gasteiger partial charge in [0, 0.05) is 24.3 Å². The average molecular weight is 543 g/mol. The van der Waals surface area contributed by atoms with Gasteiger partial charge in [0.05, 0.1) is 0 Å². The molecule has 1 aliphatic rings. The van der Waals surface area contributed by atoms with Gasteiger partial charge < -0.3 is 9.97 Å². The van der Waals surface area contributed by atoms with Crippen LogP contribution in [0.4, 0.5) is 0 Å². The van der Waals surface area contributed by atoms with Gasteiger partial charge in [0.1, 0.15) is 0 Å². The van der Waals surface area contributed by atoms with Crippen LogP contribution in [0.15, 0.2) is 48.0 Å². The largest absolute Gasteiger partial charge is 0.367 e. The summed E-state index contributed by atoms with van der Waals surface area (Å²) in [6, 6.07) is 2.18. The average Bonchev–Trinajstić information content (AvgIpc) is 3.68. The molecule has 0 saturated carbocycles. The van der Waals surface area contributed by atoms with E-state index in [4.69, 9.17) is 0 Å². The zero-order valence-corrected chi connectivity index (χ0v) is 29.6. The van der Waals surface area contributed by atoms with Crippen molar-refractivity contribution in [1.29, 1.82) is 0 Å². The first-order chi connectivity index (χ1) is 18.4. The Kier molecular flexibility index (Phi) is 25.4. The summed E-state index contributed by atoms with van der Waals surface area (Å²) in [7, 11) is 0. The van der Waals surface area contributed by atoms with Crippen molar-refractivity contribution in [2.24, 2.45) is 11.8 Å². The van der Waals surface area contributed by atoms with Crippen molar-refractivity contribution >= 4 is 0 Å². The minimum absolute atomic E-state index is 0.613. The Morgan fingerprint density at radius 3 is 1.26 bits per heavy atom. The minimum atomic E-state index is 0.613. The molecule has 2 heteroatoms. The first kappa shape index (κ1) is 41.5. The number of hydrogen-bond acceptors (Lipinski definition) is 0. The fraction of sp³-hybridized carbons (Fsp3) is 0.676. The van der Waals surface area contributed by atoms with Gasteiger partial charge in [-0.15, -0.1) is 0 Å². The van der Waals surface area contributed by atoms with Crippen molar-refractivity contribution in [2.45, 2.75) is 155 Å². The first-order valence-electron chi connectivity index (χ1n) is 16.1. The van der Waals surface area contributed by atoms with Gasteiger partial charge >= 0.3 is 0 Å². The van der Waals surface area contributed by atoms with Gasteiger partial charge in [-0.05, 0) is 70.3 Å². The van der Waals surface area contributed by atoms with Gasteiger partial charge in [-0.2, -0.15) is 0 Å². The van der Waals surface area contributed by atoms with Crippen LogP contribution in [0.25, 0.3) is 0 Å². The molecule has 2 nitrogen and oxygen atoms in total. The van der Waals surface area contributed by atoms with Crippen LogP contribution in [-0.2, 0) is 0 Å². The van der Waals surface area contributed by atoms with Crippen molar-refractivity contribution in [3.63, 3.8) is 0 Å². The monoisotopic (exact) mass is 543 g/mol. The van der Waals surface area contributed by atoms with E-state index in [-0.39, 0.29) is 0 Å². The summed E-state index contributed by atoms with van der Waals surface area (Å²) in [6.45, 7) is 38.9. The SMILES string of the molecule is CC.CC.CC.CC(C)C1=C(C(C)C)CC=C1.CC(C)c1c[nH]cc1C(C)C.CC(C)c1cc[nH]c1C(C)C. The quantitative estimate of drug-likeness (QED) is 0.364. The van der Waals surface area contributed by atoms with Gasteiger partial charge in [0.25, 0.3) is 0 Å². The summed E-state index contributed by atoms with van der Waals surface area (Å²) in [6.07, 6.45) is 12.0. The van der Waals surface area contributed by atoms with Crippen molar-refractivity contribution in [3.8, 4) is 0 Å². The van der Waals surface area contributed by atoms with Crippen LogP contribution in [0.2, 0.25) is 0 Å². The molecule has 2 heterocycles. The Hall–Kier alpha value is -1.96. The lowest BCUT2D eigenvalue weighted by molar-refractivity contribution is 0.702. The van der Waals surface area contributed by atoms with E-state index in [9.17, 15) is 0 Å². The molecular weight excluding hydrogens is 472 g/mol. The topological polar surface area (TPSA) is 31.6 Å². The maximum Gasteiger partial charge on any atom is 0.0208 e. The zero-order chi connectivity index (χ0) is 31.3. The highest BCUT2D eigenvalue weighted by molar-refractivity contribution is 5.36.